The maximum absolute atomic E-state index is 12.9. The van der Waals surface area contributed by atoms with Crippen molar-refractivity contribution in [2.24, 2.45) is 0 Å². The number of hydrogen-bond acceptors (Lipinski definition) is 4. The standard InChI is InChI=1S/C27H23N3O4S/c1-17-9-10-21(15-18(17)2)29-35(33,34)22-13-11-20(12-14-22)28-25(31)16-30-24-8-4-6-19-5-3-7-23(26(19)24)27(30)32/h3-15,29H,16H2,1-2H3,(H,28,31). The molecule has 1 heterocycles. The first-order valence-corrected chi connectivity index (χ1v) is 12.5. The van der Waals surface area contributed by atoms with Gasteiger partial charge in [0.25, 0.3) is 15.9 Å². The Bertz CT molecular complexity index is 1590. The van der Waals surface area contributed by atoms with E-state index in [4.69, 9.17) is 0 Å². The zero-order chi connectivity index (χ0) is 24.7. The van der Waals surface area contributed by atoms with Crippen molar-refractivity contribution in [3.63, 3.8) is 0 Å². The van der Waals surface area contributed by atoms with E-state index in [1.165, 1.54) is 29.2 Å². The molecule has 1 aliphatic rings. The lowest BCUT2D eigenvalue weighted by Crippen LogP contribution is -2.35. The van der Waals surface area contributed by atoms with Gasteiger partial charge in [-0.25, -0.2) is 8.42 Å². The molecular weight excluding hydrogens is 462 g/mol. The molecule has 0 unspecified atom stereocenters. The summed E-state index contributed by atoms with van der Waals surface area (Å²) in [6.45, 7) is 3.72. The van der Waals surface area contributed by atoms with E-state index in [9.17, 15) is 18.0 Å². The van der Waals surface area contributed by atoms with Crippen LogP contribution < -0.4 is 14.9 Å². The van der Waals surface area contributed by atoms with E-state index >= 15 is 0 Å². The first-order chi connectivity index (χ1) is 16.7. The fraction of sp³-hybridized carbons (Fsp3) is 0.111. The number of nitrogens with zero attached hydrogens (tertiary/aromatic N) is 1. The summed E-state index contributed by atoms with van der Waals surface area (Å²) in [4.78, 5) is 27.1. The zero-order valence-electron chi connectivity index (χ0n) is 19.2. The number of amides is 2. The summed E-state index contributed by atoms with van der Waals surface area (Å²) in [5.41, 5.74) is 4.26. The Morgan fingerprint density at radius 2 is 1.54 bits per heavy atom. The van der Waals surface area contributed by atoms with E-state index in [2.05, 4.69) is 10.0 Å². The van der Waals surface area contributed by atoms with Gasteiger partial charge in [0, 0.05) is 22.3 Å². The second-order valence-electron chi connectivity index (χ2n) is 8.55. The average molecular weight is 486 g/mol. The molecule has 5 rings (SSSR count). The second-order valence-corrected chi connectivity index (χ2v) is 10.2. The molecule has 0 bridgehead atoms. The molecule has 8 heteroatoms. The predicted molar refractivity (Wildman–Crippen MR) is 137 cm³/mol. The number of sulfonamides is 1. The van der Waals surface area contributed by atoms with Crippen LogP contribution in [0.5, 0.6) is 0 Å². The maximum atomic E-state index is 12.9. The van der Waals surface area contributed by atoms with Gasteiger partial charge in [-0.2, -0.15) is 0 Å². The van der Waals surface area contributed by atoms with Crippen LogP contribution in [0.1, 0.15) is 21.5 Å². The third kappa shape index (κ3) is 4.24. The molecule has 0 radical (unpaired) electrons. The quantitative estimate of drug-likeness (QED) is 0.408. The number of nitrogens with one attached hydrogen (secondary N) is 2. The van der Waals surface area contributed by atoms with Gasteiger partial charge in [-0.15, -0.1) is 0 Å². The minimum Gasteiger partial charge on any atom is -0.325 e. The van der Waals surface area contributed by atoms with Gasteiger partial charge in [-0.3, -0.25) is 19.2 Å². The first-order valence-electron chi connectivity index (χ1n) is 11.1. The summed E-state index contributed by atoms with van der Waals surface area (Å²) in [6, 6.07) is 22.4. The van der Waals surface area contributed by atoms with Crippen LogP contribution in [0.4, 0.5) is 17.1 Å². The highest BCUT2D eigenvalue weighted by Gasteiger charge is 2.30. The zero-order valence-corrected chi connectivity index (χ0v) is 20.0. The molecule has 0 saturated carbocycles. The van der Waals surface area contributed by atoms with Crippen LogP contribution in [-0.4, -0.2) is 26.8 Å². The smallest absolute Gasteiger partial charge is 0.261 e. The van der Waals surface area contributed by atoms with E-state index in [1.54, 1.807) is 18.2 Å². The summed E-state index contributed by atoms with van der Waals surface area (Å²) in [7, 11) is -3.78. The monoisotopic (exact) mass is 485 g/mol. The van der Waals surface area contributed by atoms with Crippen molar-refractivity contribution in [2.75, 3.05) is 21.5 Å². The lowest BCUT2D eigenvalue weighted by molar-refractivity contribution is -0.114. The summed E-state index contributed by atoms with van der Waals surface area (Å²) < 4.78 is 28.1. The van der Waals surface area contributed by atoms with E-state index < -0.39 is 10.0 Å². The Balaban J connectivity index is 1.28. The lowest BCUT2D eigenvalue weighted by atomic mass is 10.1. The molecule has 2 amide bonds. The third-order valence-electron chi connectivity index (χ3n) is 6.16. The van der Waals surface area contributed by atoms with Crippen molar-refractivity contribution in [1.82, 2.24) is 0 Å². The molecule has 0 aromatic heterocycles. The number of benzene rings is 4. The van der Waals surface area contributed by atoms with Gasteiger partial charge in [0.05, 0.1) is 10.6 Å². The van der Waals surface area contributed by atoms with E-state index in [0.717, 1.165) is 21.9 Å². The minimum atomic E-state index is -3.78. The van der Waals surface area contributed by atoms with Crippen molar-refractivity contribution in [3.05, 3.63) is 95.6 Å². The molecular formula is C27H23N3O4S. The molecule has 35 heavy (non-hydrogen) atoms. The Kier molecular flexibility index (Phi) is 5.53. The number of carbonyl (C=O) groups excluding carboxylic acids is 2. The van der Waals surface area contributed by atoms with Crippen LogP contribution in [0.15, 0.2) is 83.8 Å². The van der Waals surface area contributed by atoms with Crippen molar-refractivity contribution in [2.45, 2.75) is 18.7 Å². The number of aryl methyl sites for hydroxylation is 2. The van der Waals surface area contributed by atoms with Crippen LogP contribution in [-0.2, 0) is 14.8 Å². The normalized spacial score (nSPS) is 12.7. The summed E-state index contributed by atoms with van der Waals surface area (Å²) in [5, 5.41) is 4.53. The van der Waals surface area contributed by atoms with Crippen molar-refractivity contribution < 1.29 is 18.0 Å². The number of carbonyl (C=O) groups is 2. The van der Waals surface area contributed by atoms with E-state index in [-0.39, 0.29) is 23.3 Å². The minimum absolute atomic E-state index is 0.0746. The Hall–Kier alpha value is -4.17. The fourth-order valence-electron chi connectivity index (χ4n) is 4.22. The summed E-state index contributed by atoms with van der Waals surface area (Å²) in [5.74, 6) is -0.599. The molecule has 7 nitrogen and oxygen atoms in total. The van der Waals surface area contributed by atoms with Gasteiger partial charge in [-0.1, -0.05) is 30.3 Å². The molecule has 4 aromatic rings. The largest absolute Gasteiger partial charge is 0.325 e. The molecule has 0 spiro atoms. The SMILES string of the molecule is Cc1ccc(NS(=O)(=O)c2ccc(NC(=O)CN3C(=O)c4cccc5cccc3c45)cc2)cc1C. The average Bonchev–Trinajstić information content (AvgIpc) is 3.09. The topological polar surface area (TPSA) is 95.6 Å². The molecule has 0 saturated heterocycles. The molecule has 0 fully saturated rings. The van der Waals surface area contributed by atoms with Crippen LogP contribution in [0.2, 0.25) is 0 Å². The highest BCUT2D eigenvalue weighted by molar-refractivity contribution is 7.92. The van der Waals surface area contributed by atoms with Gasteiger partial charge in [0.1, 0.15) is 6.54 Å². The van der Waals surface area contributed by atoms with Crippen LogP contribution in [0.3, 0.4) is 0 Å². The van der Waals surface area contributed by atoms with Gasteiger partial charge in [-0.05, 0) is 78.9 Å². The molecule has 0 atom stereocenters. The van der Waals surface area contributed by atoms with Gasteiger partial charge in [0.2, 0.25) is 5.91 Å². The van der Waals surface area contributed by atoms with Crippen molar-refractivity contribution >= 4 is 49.7 Å². The maximum Gasteiger partial charge on any atom is 0.261 e. The summed E-state index contributed by atoms with van der Waals surface area (Å²) >= 11 is 0. The first kappa shape index (κ1) is 22.6. The Morgan fingerprint density at radius 3 is 2.26 bits per heavy atom. The van der Waals surface area contributed by atoms with Crippen LogP contribution >= 0.6 is 0 Å². The highest BCUT2D eigenvalue weighted by Crippen LogP contribution is 2.37. The van der Waals surface area contributed by atoms with Crippen LogP contribution in [0, 0.1) is 13.8 Å². The molecule has 1 aliphatic heterocycles. The molecule has 2 N–H and O–H groups in total. The number of hydrogen-bond donors (Lipinski definition) is 2. The Morgan fingerprint density at radius 1 is 0.857 bits per heavy atom. The van der Waals surface area contributed by atoms with Crippen molar-refractivity contribution in [1.29, 1.82) is 0 Å². The molecule has 176 valence electrons. The second kappa shape index (κ2) is 8.56. The van der Waals surface area contributed by atoms with Gasteiger partial charge in [0.15, 0.2) is 0 Å². The van der Waals surface area contributed by atoms with E-state index in [0.29, 0.717) is 22.6 Å². The summed E-state index contributed by atoms with van der Waals surface area (Å²) in [6.07, 6.45) is 0. The van der Waals surface area contributed by atoms with Crippen molar-refractivity contribution in [3.8, 4) is 0 Å². The number of anilines is 3. The Labute approximate surface area is 203 Å². The third-order valence-corrected chi connectivity index (χ3v) is 7.56. The molecule has 0 aliphatic carbocycles. The number of rotatable bonds is 6. The molecule has 4 aromatic carbocycles. The lowest BCUT2D eigenvalue weighted by Gasteiger charge is -2.17. The van der Waals surface area contributed by atoms with Gasteiger partial charge < -0.3 is 5.32 Å². The predicted octanol–water partition coefficient (Wildman–Crippen LogP) is 4.86. The fourth-order valence-corrected chi connectivity index (χ4v) is 5.27. The highest BCUT2D eigenvalue weighted by atomic mass is 32.2. The van der Waals surface area contributed by atoms with E-state index in [1.807, 2.05) is 50.2 Å². The van der Waals surface area contributed by atoms with Gasteiger partial charge >= 0.3 is 0 Å². The van der Waals surface area contributed by atoms with Crippen LogP contribution in [0.25, 0.3) is 10.8 Å².